The molecule has 0 radical (unpaired) electrons. The predicted molar refractivity (Wildman–Crippen MR) is 79.1 cm³/mol. The number of fused-ring (bicyclic) bond motifs is 1. The topological polar surface area (TPSA) is 50.2 Å². The lowest BCUT2D eigenvalue weighted by atomic mass is 10.0. The van der Waals surface area contributed by atoms with Crippen LogP contribution < -0.4 is 0 Å². The van der Waals surface area contributed by atoms with Gasteiger partial charge in [0.1, 0.15) is 5.82 Å². The van der Waals surface area contributed by atoms with Crippen LogP contribution in [0.15, 0.2) is 48.5 Å². The molecule has 0 aliphatic carbocycles. The Kier molecular flexibility index (Phi) is 3.31. The highest BCUT2D eigenvalue weighted by Crippen LogP contribution is 2.27. The number of hydrogen-bond donors (Lipinski definition) is 1. The standard InChI is InChI=1S/C16H9ClFNO2/c17-10-3-1-2-9(6-10)15-8-13(16(20)21)12-7-11(18)4-5-14(12)19-15/h1-8H,(H,20,21). The molecule has 2 aromatic carbocycles. The third kappa shape index (κ3) is 2.58. The first-order valence-electron chi connectivity index (χ1n) is 6.14. The van der Waals surface area contributed by atoms with E-state index in [1.165, 1.54) is 24.3 Å². The first-order chi connectivity index (χ1) is 10.0. The summed E-state index contributed by atoms with van der Waals surface area (Å²) in [5.41, 5.74) is 1.62. The van der Waals surface area contributed by atoms with Gasteiger partial charge in [0.2, 0.25) is 0 Å². The van der Waals surface area contributed by atoms with Crippen molar-refractivity contribution in [2.45, 2.75) is 0 Å². The Morgan fingerprint density at radius 2 is 1.95 bits per heavy atom. The molecule has 1 aromatic heterocycles. The first-order valence-corrected chi connectivity index (χ1v) is 6.52. The smallest absolute Gasteiger partial charge is 0.336 e. The molecule has 21 heavy (non-hydrogen) atoms. The highest BCUT2D eigenvalue weighted by Gasteiger charge is 2.13. The van der Waals surface area contributed by atoms with Gasteiger partial charge in [-0.25, -0.2) is 14.2 Å². The highest BCUT2D eigenvalue weighted by atomic mass is 35.5. The van der Waals surface area contributed by atoms with Crippen molar-refractivity contribution in [3.05, 3.63) is 64.9 Å². The highest BCUT2D eigenvalue weighted by molar-refractivity contribution is 6.30. The van der Waals surface area contributed by atoms with E-state index < -0.39 is 11.8 Å². The molecule has 0 fully saturated rings. The molecule has 1 N–H and O–H groups in total. The number of aromatic nitrogens is 1. The zero-order chi connectivity index (χ0) is 15.0. The number of carboxylic acids is 1. The van der Waals surface area contributed by atoms with Crippen molar-refractivity contribution in [2.24, 2.45) is 0 Å². The zero-order valence-electron chi connectivity index (χ0n) is 10.7. The van der Waals surface area contributed by atoms with Crippen molar-refractivity contribution in [1.29, 1.82) is 0 Å². The summed E-state index contributed by atoms with van der Waals surface area (Å²) in [6.07, 6.45) is 0. The molecule has 0 aliphatic rings. The van der Waals surface area contributed by atoms with E-state index in [2.05, 4.69) is 4.98 Å². The second-order valence-corrected chi connectivity index (χ2v) is 4.97. The number of carbonyl (C=O) groups is 1. The van der Waals surface area contributed by atoms with E-state index in [0.29, 0.717) is 21.8 Å². The van der Waals surface area contributed by atoms with E-state index in [4.69, 9.17) is 11.6 Å². The maximum atomic E-state index is 13.3. The van der Waals surface area contributed by atoms with Gasteiger partial charge in [-0.3, -0.25) is 0 Å². The van der Waals surface area contributed by atoms with Crippen molar-refractivity contribution >= 4 is 28.5 Å². The van der Waals surface area contributed by atoms with Crippen LogP contribution in [0.2, 0.25) is 5.02 Å². The van der Waals surface area contributed by atoms with Gasteiger partial charge in [0, 0.05) is 16.0 Å². The Bertz CT molecular complexity index is 864. The predicted octanol–water partition coefficient (Wildman–Crippen LogP) is 4.39. The van der Waals surface area contributed by atoms with Crippen molar-refractivity contribution in [3.63, 3.8) is 0 Å². The summed E-state index contributed by atoms with van der Waals surface area (Å²) >= 11 is 5.94. The van der Waals surface area contributed by atoms with E-state index >= 15 is 0 Å². The molecule has 5 heteroatoms. The second kappa shape index (κ2) is 5.14. The van der Waals surface area contributed by atoms with Crippen LogP contribution >= 0.6 is 11.6 Å². The minimum absolute atomic E-state index is 0.00877. The molecule has 0 amide bonds. The normalized spacial score (nSPS) is 10.8. The fourth-order valence-electron chi connectivity index (χ4n) is 2.17. The Balaban J connectivity index is 2.31. The van der Waals surface area contributed by atoms with Crippen LogP contribution in [0.3, 0.4) is 0 Å². The maximum Gasteiger partial charge on any atom is 0.336 e. The SMILES string of the molecule is O=C(O)c1cc(-c2cccc(Cl)c2)nc2ccc(F)cc12. The van der Waals surface area contributed by atoms with Crippen molar-refractivity contribution in [2.75, 3.05) is 0 Å². The van der Waals surface area contributed by atoms with Crippen LogP contribution in [-0.4, -0.2) is 16.1 Å². The summed E-state index contributed by atoms with van der Waals surface area (Å²) in [6, 6.07) is 12.3. The number of pyridine rings is 1. The number of benzene rings is 2. The summed E-state index contributed by atoms with van der Waals surface area (Å²) < 4.78 is 13.3. The van der Waals surface area contributed by atoms with Gasteiger partial charge in [-0.2, -0.15) is 0 Å². The number of aromatic carboxylic acids is 1. The van der Waals surface area contributed by atoms with Gasteiger partial charge >= 0.3 is 5.97 Å². The van der Waals surface area contributed by atoms with Crippen molar-refractivity contribution < 1.29 is 14.3 Å². The number of hydrogen-bond acceptors (Lipinski definition) is 2. The number of nitrogens with zero attached hydrogens (tertiary/aromatic N) is 1. The molecule has 0 unspecified atom stereocenters. The summed E-state index contributed by atoms with van der Waals surface area (Å²) in [5, 5.41) is 10.1. The third-order valence-electron chi connectivity index (χ3n) is 3.12. The van der Waals surface area contributed by atoms with Crippen LogP contribution in [0.5, 0.6) is 0 Å². The van der Waals surface area contributed by atoms with Gasteiger partial charge in [-0.1, -0.05) is 23.7 Å². The Morgan fingerprint density at radius 1 is 1.14 bits per heavy atom. The van der Waals surface area contributed by atoms with Crippen LogP contribution in [0.4, 0.5) is 4.39 Å². The van der Waals surface area contributed by atoms with E-state index in [0.717, 1.165) is 0 Å². The van der Waals surface area contributed by atoms with Gasteiger partial charge in [-0.15, -0.1) is 0 Å². The van der Waals surface area contributed by atoms with Crippen LogP contribution in [-0.2, 0) is 0 Å². The second-order valence-electron chi connectivity index (χ2n) is 4.53. The summed E-state index contributed by atoms with van der Waals surface area (Å²) in [6.45, 7) is 0. The lowest BCUT2D eigenvalue weighted by molar-refractivity contribution is 0.0699. The molecule has 104 valence electrons. The molecular formula is C16H9ClFNO2. The van der Waals surface area contributed by atoms with Crippen LogP contribution in [0.1, 0.15) is 10.4 Å². The maximum absolute atomic E-state index is 13.3. The van der Waals surface area contributed by atoms with E-state index in [1.54, 1.807) is 24.3 Å². The zero-order valence-corrected chi connectivity index (χ0v) is 11.4. The molecule has 0 aliphatic heterocycles. The summed E-state index contributed by atoms with van der Waals surface area (Å²) in [5.74, 6) is -1.63. The number of halogens is 2. The molecule has 0 saturated carbocycles. The van der Waals surface area contributed by atoms with E-state index in [-0.39, 0.29) is 10.9 Å². The van der Waals surface area contributed by atoms with Crippen LogP contribution in [0, 0.1) is 5.82 Å². The molecule has 3 aromatic rings. The van der Waals surface area contributed by atoms with Gasteiger partial charge in [0.05, 0.1) is 16.8 Å². The summed E-state index contributed by atoms with van der Waals surface area (Å²) in [7, 11) is 0. The largest absolute Gasteiger partial charge is 0.478 e. The quantitative estimate of drug-likeness (QED) is 0.763. The fourth-order valence-corrected chi connectivity index (χ4v) is 2.36. The van der Waals surface area contributed by atoms with Gasteiger partial charge < -0.3 is 5.11 Å². The molecule has 3 nitrogen and oxygen atoms in total. The Morgan fingerprint density at radius 3 is 2.67 bits per heavy atom. The fraction of sp³-hybridized carbons (Fsp3) is 0. The minimum atomic E-state index is -1.13. The molecule has 0 atom stereocenters. The third-order valence-corrected chi connectivity index (χ3v) is 3.36. The average molecular weight is 302 g/mol. The number of carboxylic acid groups (broad SMARTS) is 1. The van der Waals surface area contributed by atoms with Crippen molar-refractivity contribution in [1.82, 2.24) is 4.98 Å². The molecule has 3 rings (SSSR count). The average Bonchev–Trinajstić information content (AvgIpc) is 2.46. The molecular weight excluding hydrogens is 293 g/mol. The molecule has 0 bridgehead atoms. The monoisotopic (exact) mass is 301 g/mol. The first kappa shape index (κ1) is 13.5. The van der Waals surface area contributed by atoms with Gasteiger partial charge in [-0.05, 0) is 36.4 Å². The van der Waals surface area contributed by atoms with E-state index in [9.17, 15) is 14.3 Å². The van der Waals surface area contributed by atoms with Crippen LogP contribution in [0.25, 0.3) is 22.2 Å². The van der Waals surface area contributed by atoms with E-state index in [1.807, 2.05) is 0 Å². The van der Waals surface area contributed by atoms with Crippen molar-refractivity contribution in [3.8, 4) is 11.3 Å². The lowest BCUT2D eigenvalue weighted by Gasteiger charge is -2.07. The Hall–Kier alpha value is -2.46. The van der Waals surface area contributed by atoms with Gasteiger partial charge in [0.15, 0.2) is 0 Å². The van der Waals surface area contributed by atoms with Gasteiger partial charge in [0.25, 0.3) is 0 Å². The minimum Gasteiger partial charge on any atom is -0.478 e. The number of rotatable bonds is 2. The Labute approximate surface area is 124 Å². The molecule has 1 heterocycles. The summed E-state index contributed by atoms with van der Waals surface area (Å²) in [4.78, 5) is 15.8. The lowest BCUT2D eigenvalue weighted by Crippen LogP contribution is -2.00. The molecule has 0 saturated heterocycles. The molecule has 0 spiro atoms.